The number of nitriles is 1. The SMILES string of the molecule is CC(C)CCNc1sc(C#N)c(N)c1S(C)(=O)=O. The minimum absolute atomic E-state index is 0.0489. The number of nitrogens with one attached hydrogen (secondary N) is 1. The van der Waals surface area contributed by atoms with Crippen molar-refractivity contribution < 1.29 is 8.42 Å². The Labute approximate surface area is 112 Å². The van der Waals surface area contributed by atoms with Gasteiger partial charge in [0, 0.05) is 12.8 Å². The molecule has 0 unspecified atom stereocenters. The lowest BCUT2D eigenvalue weighted by Crippen LogP contribution is -2.08. The zero-order valence-corrected chi connectivity index (χ0v) is 12.3. The summed E-state index contributed by atoms with van der Waals surface area (Å²) in [6, 6.07) is 1.92. The molecule has 7 heteroatoms. The van der Waals surface area contributed by atoms with Crippen LogP contribution in [0.25, 0.3) is 0 Å². The van der Waals surface area contributed by atoms with E-state index < -0.39 is 9.84 Å². The molecule has 0 fully saturated rings. The van der Waals surface area contributed by atoms with Crippen molar-refractivity contribution in [2.75, 3.05) is 23.9 Å². The van der Waals surface area contributed by atoms with E-state index in [1.807, 2.05) is 6.07 Å². The van der Waals surface area contributed by atoms with E-state index in [1.54, 1.807) is 0 Å². The summed E-state index contributed by atoms with van der Waals surface area (Å²) in [5, 5.41) is 12.4. The van der Waals surface area contributed by atoms with Crippen LogP contribution in [0.3, 0.4) is 0 Å². The van der Waals surface area contributed by atoms with Crippen molar-refractivity contribution in [1.29, 1.82) is 5.26 Å². The van der Waals surface area contributed by atoms with Crippen molar-refractivity contribution in [3.8, 4) is 6.07 Å². The highest BCUT2D eigenvalue weighted by Crippen LogP contribution is 2.38. The van der Waals surface area contributed by atoms with Gasteiger partial charge in [0.25, 0.3) is 0 Å². The summed E-state index contributed by atoms with van der Waals surface area (Å²) in [6.45, 7) is 4.83. The van der Waals surface area contributed by atoms with Gasteiger partial charge >= 0.3 is 0 Å². The van der Waals surface area contributed by atoms with Gasteiger partial charge in [-0.15, -0.1) is 11.3 Å². The van der Waals surface area contributed by atoms with Crippen molar-refractivity contribution in [1.82, 2.24) is 0 Å². The molecular weight excluding hydrogens is 270 g/mol. The molecule has 0 aliphatic heterocycles. The molecule has 0 saturated heterocycles. The number of nitrogens with zero attached hydrogens (tertiary/aromatic N) is 1. The number of hydrogen-bond acceptors (Lipinski definition) is 6. The van der Waals surface area contributed by atoms with Crippen LogP contribution in [-0.4, -0.2) is 21.2 Å². The fourth-order valence-corrected chi connectivity index (χ4v) is 3.86. The van der Waals surface area contributed by atoms with E-state index in [4.69, 9.17) is 11.0 Å². The predicted octanol–water partition coefficient (Wildman–Crippen LogP) is 2.06. The van der Waals surface area contributed by atoms with E-state index in [0.717, 1.165) is 24.0 Å². The topological polar surface area (TPSA) is 96.0 Å². The molecular formula is C11H17N3O2S2. The summed E-state index contributed by atoms with van der Waals surface area (Å²) in [5.41, 5.74) is 5.75. The van der Waals surface area contributed by atoms with E-state index in [9.17, 15) is 8.42 Å². The van der Waals surface area contributed by atoms with E-state index >= 15 is 0 Å². The van der Waals surface area contributed by atoms with Crippen LogP contribution in [0.1, 0.15) is 25.1 Å². The lowest BCUT2D eigenvalue weighted by molar-refractivity contribution is 0.601. The van der Waals surface area contributed by atoms with Gasteiger partial charge in [-0.25, -0.2) is 8.42 Å². The first-order valence-electron chi connectivity index (χ1n) is 5.53. The summed E-state index contributed by atoms with van der Waals surface area (Å²) in [4.78, 5) is 0.287. The smallest absolute Gasteiger partial charge is 0.180 e. The number of anilines is 2. The molecule has 0 spiro atoms. The molecule has 5 nitrogen and oxygen atoms in total. The molecule has 0 aliphatic carbocycles. The number of thiophene rings is 1. The Bertz CT molecular complexity index is 568. The Morgan fingerprint density at radius 2 is 2.11 bits per heavy atom. The van der Waals surface area contributed by atoms with Crippen LogP contribution in [0.5, 0.6) is 0 Å². The van der Waals surface area contributed by atoms with Gasteiger partial charge < -0.3 is 11.1 Å². The highest BCUT2D eigenvalue weighted by atomic mass is 32.2. The minimum Gasteiger partial charge on any atom is -0.396 e. The monoisotopic (exact) mass is 287 g/mol. The molecule has 0 radical (unpaired) electrons. The maximum atomic E-state index is 11.7. The number of rotatable bonds is 5. The third-order valence-corrected chi connectivity index (χ3v) is 4.74. The summed E-state index contributed by atoms with van der Waals surface area (Å²) in [7, 11) is -3.43. The Kier molecular flexibility index (Phi) is 4.59. The molecule has 0 aliphatic rings. The van der Waals surface area contributed by atoms with Crippen LogP contribution in [0.2, 0.25) is 0 Å². The first-order valence-corrected chi connectivity index (χ1v) is 8.24. The van der Waals surface area contributed by atoms with Gasteiger partial charge in [-0.05, 0) is 12.3 Å². The third-order valence-electron chi connectivity index (χ3n) is 2.38. The molecule has 0 bridgehead atoms. The molecule has 0 atom stereocenters. The van der Waals surface area contributed by atoms with E-state index in [-0.39, 0.29) is 15.5 Å². The third kappa shape index (κ3) is 3.37. The molecule has 0 amide bonds. The lowest BCUT2D eigenvalue weighted by Gasteiger charge is -2.08. The van der Waals surface area contributed by atoms with E-state index in [2.05, 4.69) is 19.2 Å². The van der Waals surface area contributed by atoms with Gasteiger partial charge in [0.2, 0.25) is 0 Å². The summed E-state index contributed by atoms with van der Waals surface area (Å²) in [6.07, 6.45) is 2.02. The summed E-state index contributed by atoms with van der Waals surface area (Å²) < 4.78 is 23.4. The van der Waals surface area contributed by atoms with Gasteiger partial charge in [0.15, 0.2) is 9.84 Å². The van der Waals surface area contributed by atoms with Crippen LogP contribution in [-0.2, 0) is 9.84 Å². The Balaban J connectivity index is 3.08. The van der Waals surface area contributed by atoms with Gasteiger partial charge in [-0.2, -0.15) is 5.26 Å². The Morgan fingerprint density at radius 1 is 1.50 bits per heavy atom. The fraction of sp³-hybridized carbons (Fsp3) is 0.545. The van der Waals surface area contributed by atoms with Gasteiger partial charge in [0.05, 0.1) is 5.69 Å². The standard InChI is InChI=1S/C11H17N3O2S2/c1-7(2)4-5-14-11-10(18(3,15)16)9(13)8(6-12)17-11/h7,14H,4-5,13H2,1-3H3. The largest absolute Gasteiger partial charge is 0.396 e. The van der Waals surface area contributed by atoms with Crippen LogP contribution >= 0.6 is 11.3 Å². The van der Waals surface area contributed by atoms with Crippen LogP contribution in [0, 0.1) is 17.2 Å². The molecule has 1 aromatic rings. The molecule has 18 heavy (non-hydrogen) atoms. The minimum atomic E-state index is -3.43. The molecule has 100 valence electrons. The van der Waals surface area contributed by atoms with Crippen molar-refractivity contribution in [3.05, 3.63) is 4.88 Å². The van der Waals surface area contributed by atoms with E-state index in [1.165, 1.54) is 0 Å². The molecule has 0 saturated carbocycles. The fourth-order valence-electron chi connectivity index (χ4n) is 1.47. The van der Waals surface area contributed by atoms with E-state index in [0.29, 0.717) is 17.5 Å². The first kappa shape index (κ1) is 14.8. The number of sulfone groups is 1. The number of hydrogen-bond donors (Lipinski definition) is 2. The van der Waals surface area contributed by atoms with Crippen LogP contribution in [0.15, 0.2) is 4.90 Å². The normalized spacial score (nSPS) is 11.5. The second-order valence-corrected chi connectivity index (χ2v) is 7.47. The zero-order chi connectivity index (χ0) is 13.9. The molecule has 1 aromatic heterocycles. The Morgan fingerprint density at radius 3 is 2.56 bits per heavy atom. The average molecular weight is 287 g/mol. The highest BCUT2D eigenvalue weighted by Gasteiger charge is 2.23. The first-order chi connectivity index (χ1) is 8.27. The second-order valence-electron chi connectivity index (χ2n) is 4.50. The molecule has 3 N–H and O–H groups in total. The van der Waals surface area contributed by atoms with Crippen molar-refractivity contribution in [3.63, 3.8) is 0 Å². The van der Waals surface area contributed by atoms with Crippen LogP contribution < -0.4 is 11.1 Å². The van der Waals surface area contributed by atoms with Crippen LogP contribution in [0.4, 0.5) is 10.7 Å². The van der Waals surface area contributed by atoms with Gasteiger partial charge in [-0.3, -0.25) is 0 Å². The molecule has 0 aromatic carbocycles. The highest BCUT2D eigenvalue weighted by molar-refractivity contribution is 7.91. The number of nitrogen functional groups attached to an aromatic ring is 1. The maximum Gasteiger partial charge on any atom is 0.180 e. The summed E-state index contributed by atoms with van der Waals surface area (Å²) >= 11 is 1.09. The average Bonchev–Trinajstić information content (AvgIpc) is 2.53. The number of nitrogens with two attached hydrogens (primary N) is 1. The predicted molar refractivity (Wildman–Crippen MR) is 74.5 cm³/mol. The van der Waals surface area contributed by atoms with Crippen molar-refractivity contribution >= 4 is 31.9 Å². The molecule has 1 rings (SSSR count). The maximum absolute atomic E-state index is 11.7. The zero-order valence-electron chi connectivity index (χ0n) is 10.6. The molecule has 1 heterocycles. The van der Waals surface area contributed by atoms with Crippen molar-refractivity contribution in [2.45, 2.75) is 25.2 Å². The second kappa shape index (κ2) is 5.59. The lowest BCUT2D eigenvalue weighted by atomic mass is 10.1. The quantitative estimate of drug-likeness (QED) is 0.864. The van der Waals surface area contributed by atoms with Gasteiger partial charge in [-0.1, -0.05) is 13.8 Å². The van der Waals surface area contributed by atoms with Crippen molar-refractivity contribution in [2.24, 2.45) is 5.92 Å². The Hall–Kier alpha value is -1.26. The van der Waals surface area contributed by atoms with Gasteiger partial charge in [0.1, 0.15) is 20.8 Å². The summed E-state index contributed by atoms with van der Waals surface area (Å²) in [5.74, 6) is 0.520.